The number of hydrogen-bond donors (Lipinski definition) is 1. The lowest BCUT2D eigenvalue weighted by atomic mass is 9.82. The fraction of sp³-hybridized carbons (Fsp3) is 0.333. The Kier molecular flexibility index (Phi) is 5.37. The van der Waals surface area contributed by atoms with Gasteiger partial charge in [-0.05, 0) is 47.7 Å². The molecule has 0 spiro atoms. The van der Waals surface area contributed by atoms with Crippen LogP contribution in [0.4, 0.5) is 23.2 Å². The van der Waals surface area contributed by atoms with E-state index in [1.165, 1.54) is 12.1 Å². The van der Waals surface area contributed by atoms with E-state index in [0.717, 1.165) is 18.1 Å². The van der Waals surface area contributed by atoms with Gasteiger partial charge in [-0.1, -0.05) is 32.9 Å². The van der Waals surface area contributed by atoms with Crippen molar-refractivity contribution in [1.29, 1.82) is 0 Å². The molecule has 0 bridgehead atoms. The Morgan fingerprint density at radius 3 is 2.08 bits per heavy atom. The SMILES string of the molecule is CCC(C)(C)c1ccc(S(=O)(=O)Nc2ccc(F)c(C(F)(F)F)c2)cc1. The molecule has 142 valence electrons. The van der Waals surface area contributed by atoms with E-state index in [4.69, 9.17) is 0 Å². The minimum atomic E-state index is -4.92. The fourth-order valence-corrected chi connectivity index (χ4v) is 3.36. The van der Waals surface area contributed by atoms with Crippen LogP contribution in [-0.4, -0.2) is 8.42 Å². The average molecular weight is 389 g/mol. The highest BCUT2D eigenvalue weighted by Gasteiger charge is 2.34. The van der Waals surface area contributed by atoms with Gasteiger partial charge in [-0.15, -0.1) is 0 Å². The van der Waals surface area contributed by atoms with Gasteiger partial charge in [0.15, 0.2) is 0 Å². The van der Waals surface area contributed by atoms with Crippen LogP contribution >= 0.6 is 0 Å². The van der Waals surface area contributed by atoms with Crippen molar-refractivity contribution in [2.75, 3.05) is 4.72 Å². The Labute approximate surface area is 150 Å². The molecule has 26 heavy (non-hydrogen) atoms. The maximum atomic E-state index is 13.3. The molecule has 0 aliphatic carbocycles. The van der Waals surface area contributed by atoms with E-state index in [1.807, 2.05) is 20.8 Å². The van der Waals surface area contributed by atoms with E-state index in [-0.39, 0.29) is 16.0 Å². The molecule has 2 aromatic carbocycles. The first-order chi connectivity index (χ1) is 11.9. The summed E-state index contributed by atoms with van der Waals surface area (Å²) >= 11 is 0. The zero-order chi connectivity index (χ0) is 19.8. The molecule has 3 nitrogen and oxygen atoms in total. The Morgan fingerprint density at radius 1 is 1.00 bits per heavy atom. The molecule has 0 unspecified atom stereocenters. The molecular weight excluding hydrogens is 370 g/mol. The van der Waals surface area contributed by atoms with Crippen molar-refractivity contribution < 1.29 is 26.0 Å². The highest BCUT2D eigenvalue weighted by atomic mass is 32.2. The first-order valence-corrected chi connectivity index (χ1v) is 9.35. The normalized spacial score (nSPS) is 12.9. The fourth-order valence-electron chi connectivity index (χ4n) is 2.31. The number of benzene rings is 2. The molecular formula is C18H19F4NO2S. The molecule has 0 aliphatic rings. The summed E-state index contributed by atoms with van der Waals surface area (Å²) in [5.41, 5.74) is -1.08. The third-order valence-corrected chi connectivity index (χ3v) is 5.75. The topological polar surface area (TPSA) is 46.2 Å². The van der Waals surface area contributed by atoms with Gasteiger partial charge in [-0.25, -0.2) is 12.8 Å². The van der Waals surface area contributed by atoms with Crippen molar-refractivity contribution in [3.05, 3.63) is 59.4 Å². The highest BCUT2D eigenvalue weighted by molar-refractivity contribution is 7.92. The van der Waals surface area contributed by atoms with E-state index in [2.05, 4.69) is 4.72 Å². The number of anilines is 1. The summed E-state index contributed by atoms with van der Waals surface area (Å²) in [6.45, 7) is 6.05. The van der Waals surface area contributed by atoms with Gasteiger partial charge in [-0.2, -0.15) is 13.2 Å². The zero-order valence-electron chi connectivity index (χ0n) is 14.5. The van der Waals surface area contributed by atoms with E-state index >= 15 is 0 Å². The van der Waals surface area contributed by atoms with Crippen molar-refractivity contribution in [2.24, 2.45) is 0 Å². The molecule has 0 aliphatic heterocycles. The average Bonchev–Trinajstić information content (AvgIpc) is 2.55. The smallest absolute Gasteiger partial charge is 0.280 e. The van der Waals surface area contributed by atoms with Crippen molar-refractivity contribution in [1.82, 2.24) is 0 Å². The summed E-state index contributed by atoms with van der Waals surface area (Å²) in [6, 6.07) is 8.08. The standard InChI is InChI=1S/C18H19F4NO2S/c1-4-17(2,3)12-5-8-14(9-6-12)26(24,25)23-13-7-10-16(19)15(11-13)18(20,21)22/h5-11,23H,4H2,1-3H3. The second-order valence-electron chi connectivity index (χ2n) is 6.56. The Hall–Kier alpha value is -2.09. The number of hydrogen-bond acceptors (Lipinski definition) is 2. The number of nitrogens with one attached hydrogen (secondary N) is 1. The van der Waals surface area contributed by atoms with Crippen LogP contribution in [0.15, 0.2) is 47.4 Å². The largest absolute Gasteiger partial charge is 0.419 e. The molecule has 0 amide bonds. The lowest BCUT2D eigenvalue weighted by Crippen LogP contribution is -2.17. The van der Waals surface area contributed by atoms with Gasteiger partial charge in [0.2, 0.25) is 0 Å². The molecule has 0 heterocycles. The predicted octanol–water partition coefficient (Wildman–Crippen LogP) is 5.33. The molecule has 8 heteroatoms. The van der Waals surface area contributed by atoms with Gasteiger partial charge < -0.3 is 0 Å². The van der Waals surface area contributed by atoms with Crippen LogP contribution in [-0.2, 0) is 21.6 Å². The van der Waals surface area contributed by atoms with Crippen molar-refractivity contribution in [3.8, 4) is 0 Å². The Morgan fingerprint density at radius 2 is 1.58 bits per heavy atom. The summed E-state index contributed by atoms with van der Waals surface area (Å²) in [7, 11) is -4.10. The van der Waals surface area contributed by atoms with Gasteiger partial charge in [0.05, 0.1) is 10.5 Å². The molecule has 2 rings (SSSR count). The monoisotopic (exact) mass is 389 g/mol. The lowest BCUT2D eigenvalue weighted by molar-refractivity contribution is -0.139. The second kappa shape index (κ2) is 6.90. The number of alkyl halides is 3. The van der Waals surface area contributed by atoms with E-state index in [9.17, 15) is 26.0 Å². The van der Waals surface area contributed by atoms with Crippen molar-refractivity contribution in [2.45, 2.75) is 43.7 Å². The molecule has 0 radical (unpaired) electrons. The van der Waals surface area contributed by atoms with E-state index in [1.54, 1.807) is 12.1 Å². The van der Waals surface area contributed by atoms with Crippen molar-refractivity contribution in [3.63, 3.8) is 0 Å². The van der Waals surface area contributed by atoms with Crippen LogP contribution in [0.1, 0.15) is 38.3 Å². The number of rotatable bonds is 5. The minimum absolute atomic E-state index is 0.0916. The predicted molar refractivity (Wildman–Crippen MR) is 92.0 cm³/mol. The summed E-state index contributed by atoms with van der Waals surface area (Å²) in [6.07, 6.45) is -4.06. The lowest BCUT2D eigenvalue weighted by Gasteiger charge is -2.23. The van der Waals surface area contributed by atoms with Gasteiger partial charge in [0, 0.05) is 5.69 Å². The maximum Gasteiger partial charge on any atom is 0.419 e. The van der Waals surface area contributed by atoms with Gasteiger partial charge in [0.1, 0.15) is 5.82 Å². The summed E-state index contributed by atoms with van der Waals surface area (Å²) in [5.74, 6) is -1.47. The Bertz CT molecular complexity index is 888. The zero-order valence-corrected chi connectivity index (χ0v) is 15.3. The van der Waals surface area contributed by atoms with Crippen LogP contribution in [0.3, 0.4) is 0 Å². The summed E-state index contributed by atoms with van der Waals surface area (Å²) in [4.78, 5) is -0.0916. The quantitative estimate of drug-likeness (QED) is 0.703. The Balaban J connectivity index is 2.32. The number of sulfonamides is 1. The third kappa shape index (κ3) is 4.35. The van der Waals surface area contributed by atoms with Gasteiger partial charge in [0.25, 0.3) is 10.0 Å². The van der Waals surface area contributed by atoms with E-state index < -0.39 is 27.6 Å². The summed E-state index contributed by atoms with van der Waals surface area (Å²) in [5, 5.41) is 0. The highest BCUT2D eigenvalue weighted by Crippen LogP contribution is 2.33. The van der Waals surface area contributed by atoms with Gasteiger partial charge in [-0.3, -0.25) is 4.72 Å². The number of halogens is 4. The molecule has 0 atom stereocenters. The molecule has 2 aromatic rings. The first kappa shape index (κ1) is 20.2. The van der Waals surface area contributed by atoms with Crippen LogP contribution < -0.4 is 4.72 Å². The van der Waals surface area contributed by atoms with Crippen LogP contribution in [0, 0.1) is 5.82 Å². The molecule has 0 saturated heterocycles. The van der Waals surface area contributed by atoms with Crippen LogP contribution in [0.2, 0.25) is 0 Å². The van der Waals surface area contributed by atoms with Crippen LogP contribution in [0.5, 0.6) is 0 Å². The summed E-state index contributed by atoms with van der Waals surface area (Å²) < 4.78 is 78.4. The molecule has 1 N–H and O–H groups in total. The van der Waals surface area contributed by atoms with Crippen molar-refractivity contribution >= 4 is 15.7 Å². The second-order valence-corrected chi connectivity index (χ2v) is 8.24. The van der Waals surface area contributed by atoms with E-state index in [0.29, 0.717) is 12.1 Å². The maximum absolute atomic E-state index is 13.3. The molecule has 0 aromatic heterocycles. The van der Waals surface area contributed by atoms with Gasteiger partial charge >= 0.3 is 6.18 Å². The molecule has 0 fully saturated rings. The first-order valence-electron chi connectivity index (χ1n) is 7.87. The third-order valence-electron chi connectivity index (χ3n) is 4.35. The minimum Gasteiger partial charge on any atom is -0.280 e. The van der Waals surface area contributed by atoms with Crippen LogP contribution in [0.25, 0.3) is 0 Å². The molecule has 0 saturated carbocycles.